The van der Waals surface area contributed by atoms with Gasteiger partial charge in [-0.05, 0) is 43.2 Å². The first-order valence-corrected chi connectivity index (χ1v) is 9.26. The van der Waals surface area contributed by atoms with Crippen LogP contribution in [0.1, 0.15) is 52.8 Å². The Bertz CT molecular complexity index is 861. The summed E-state index contributed by atoms with van der Waals surface area (Å²) in [5.74, 6) is -1.10. The zero-order valence-corrected chi connectivity index (χ0v) is 15.7. The molecule has 0 radical (unpaired) electrons. The molecule has 1 aliphatic carbocycles. The van der Waals surface area contributed by atoms with Crippen molar-refractivity contribution in [2.24, 2.45) is 0 Å². The molecule has 0 aliphatic heterocycles. The maximum absolute atomic E-state index is 12.8. The highest BCUT2D eigenvalue weighted by molar-refractivity contribution is 6.05. The van der Waals surface area contributed by atoms with Gasteiger partial charge in [-0.2, -0.15) is 0 Å². The summed E-state index contributed by atoms with van der Waals surface area (Å²) in [6, 6.07) is 9.93. The minimum atomic E-state index is -0.987. The van der Waals surface area contributed by atoms with Gasteiger partial charge in [0.25, 0.3) is 11.8 Å². The molecular formula is C21H23N3O4. The second-order valence-electron chi connectivity index (χ2n) is 6.87. The number of methoxy groups -OCH3 is 1. The highest BCUT2D eigenvalue weighted by atomic mass is 16.5. The van der Waals surface area contributed by atoms with Gasteiger partial charge >= 0.3 is 5.97 Å². The molecule has 3 rings (SSSR count). The summed E-state index contributed by atoms with van der Waals surface area (Å²) < 4.78 is 4.94. The zero-order chi connectivity index (χ0) is 20.0. The molecule has 0 spiro atoms. The standard InChI is InChI=1S/C21H23N3O4/c1-28-20(27)21(10-3-2-4-11-21)24-19(26)15-7-5-9-17(13-15)23-18(25)16-8-6-12-22-14-16/h5-9,12-14H,2-4,10-11H2,1H3,(H,23,25)(H,24,26). The number of hydrogen-bond donors (Lipinski definition) is 2. The number of rotatable bonds is 5. The molecule has 28 heavy (non-hydrogen) atoms. The number of pyridine rings is 1. The molecule has 1 fully saturated rings. The molecule has 2 N–H and O–H groups in total. The van der Waals surface area contributed by atoms with E-state index in [4.69, 9.17) is 4.74 Å². The second kappa shape index (κ2) is 8.65. The summed E-state index contributed by atoms with van der Waals surface area (Å²) in [5.41, 5.74) is 0.276. The van der Waals surface area contributed by atoms with E-state index >= 15 is 0 Å². The summed E-state index contributed by atoms with van der Waals surface area (Å²) in [6.07, 6.45) is 6.92. The van der Waals surface area contributed by atoms with E-state index in [-0.39, 0.29) is 11.8 Å². The number of aromatic nitrogens is 1. The molecular weight excluding hydrogens is 358 g/mol. The van der Waals surface area contributed by atoms with Gasteiger partial charge in [-0.1, -0.05) is 25.3 Å². The molecule has 0 unspecified atom stereocenters. The Kier molecular flexibility index (Phi) is 6.03. The predicted octanol–water partition coefficient (Wildman–Crippen LogP) is 2.94. The molecule has 7 nitrogen and oxygen atoms in total. The van der Waals surface area contributed by atoms with Crippen LogP contribution in [-0.4, -0.2) is 35.4 Å². The number of carbonyl (C=O) groups excluding carboxylic acids is 3. The molecule has 0 saturated heterocycles. The Balaban J connectivity index is 1.74. The van der Waals surface area contributed by atoms with Gasteiger partial charge in [0, 0.05) is 23.6 Å². The first-order valence-electron chi connectivity index (χ1n) is 9.26. The third-order valence-electron chi connectivity index (χ3n) is 4.94. The van der Waals surface area contributed by atoms with Gasteiger partial charge < -0.3 is 15.4 Å². The van der Waals surface area contributed by atoms with Crippen molar-refractivity contribution in [1.82, 2.24) is 10.3 Å². The van der Waals surface area contributed by atoms with Gasteiger partial charge in [0.1, 0.15) is 5.54 Å². The maximum atomic E-state index is 12.8. The average Bonchev–Trinajstić information content (AvgIpc) is 2.74. The molecule has 2 amide bonds. The van der Waals surface area contributed by atoms with Gasteiger partial charge in [0.05, 0.1) is 12.7 Å². The lowest BCUT2D eigenvalue weighted by Gasteiger charge is -2.35. The molecule has 7 heteroatoms. The predicted molar refractivity (Wildman–Crippen MR) is 104 cm³/mol. The summed E-state index contributed by atoms with van der Waals surface area (Å²) in [5, 5.41) is 5.63. The number of nitrogens with one attached hydrogen (secondary N) is 2. The summed E-state index contributed by atoms with van der Waals surface area (Å²) in [6.45, 7) is 0. The molecule has 1 heterocycles. The van der Waals surface area contributed by atoms with E-state index in [2.05, 4.69) is 15.6 Å². The van der Waals surface area contributed by atoms with Gasteiger partial charge in [-0.3, -0.25) is 14.6 Å². The molecule has 1 aromatic heterocycles. The van der Waals surface area contributed by atoms with Gasteiger partial charge in [-0.15, -0.1) is 0 Å². The number of ether oxygens (including phenoxy) is 1. The van der Waals surface area contributed by atoms with E-state index in [9.17, 15) is 14.4 Å². The molecule has 146 valence electrons. The van der Waals surface area contributed by atoms with Crippen LogP contribution < -0.4 is 10.6 Å². The molecule has 2 aromatic rings. The smallest absolute Gasteiger partial charge is 0.331 e. The van der Waals surface area contributed by atoms with Crippen molar-refractivity contribution in [3.8, 4) is 0 Å². The SMILES string of the molecule is COC(=O)C1(NC(=O)c2cccc(NC(=O)c3cccnc3)c2)CCCCC1. The van der Waals surface area contributed by atoms with E-state index in [1.807, 2.05) is 0 Å². The number of nitrogens with zero attached hydrogens (tertiary/aromatic N) is 1. The zero-order valence-electron chi connectivity index (χ0n) is 15.7. The van der Waals surface area contributed by atoms with Crippen LogP contribution in [0.2, 0.25) is 0 Å². The topological polar surface area (TPSA) is 97.4 Å². The van der Waals surface area contributed by atoms with Crippen LogP contribution >= 0.6 is 0 Å². The van der Waals surface area contributed by atoms with Crippen LogP contribution in [0.25, 0.3) is 0 Å². The fourth-order valence-corrected chi connectivity index (χ4v) is 3.46. The Hall–Kier alpha value is -3.22. The van der Waals surface area contributed by atoms with Crippen molar-refractivity contribution in [3.63, 3.8) is 0 Å². The van der Waals surface area contributed by atoms with Gasteiger partial charge in [-0.25, -0.2) is 4.79 Å². The Labute approximate surface area is 163 Å². The molecule has 1 aromatic carbocycles. The minimum Gasteiger partial charge on any atom is -0.467 e. The van der Waals surface area contributed by atoms with Gasteiger partial charge in [0.15, 0.2) is 0 Å². The Morgan fingerprint density at radius 2 is 1.75 bits per heavy atom. The van der Waals surface area contributed by atoms with Crippen LogP contribution in [0.5, 0.6) is 0 Å². The lowest BCUT2D eigenvalue weighted by atomic mass is 9.81. The van der Waals surface area contributed by atoms with E-state index in [1.54, 1.807) is 42.6 Å². The van der Waals surface area contributed by atoms with Crippen LogP contribution in [0.3, 0.4) is 0 Å². The van der Waals surface area contributed by atoms with E-state index in [1.165, 1.54) is 13.3 Å². The normalized spacial score (nSPS) is 15.3. The molecule has 0 atom stereocenters. The van der Waals surface area contributed by atoms with Gasteiger partial charge in [0.2, 0.25) is 0 Å². The first kappa shape index (κ1) is 19.5. The highest BCUT2D eigenvalue weighted by Gasteiger charge is 2.42. The maximum Gasteiger partial charge on any atom is 0.331 e. The molecule has 1 aliphatic rings. The number of hydrogen-bond acceptors (Lipinski definition) is 5. The van der Waals surface area contributed by atoms with E-state index < -0.39 is 11.5 Å². The van der Waals surface area contributed by atoms with E-state index in [0.29, 0.717) is 29.7 Å². The van der Waals surface area contributed by atoms with Crippen molar-refractivity contribution < 1.29 is 19.1 Å². The van der Waals surface area contributed by atoms with Crippen LogP contribution in [0.15, 0.2) is 48.8 Å². The lowest BCUT2D eigenvalue weighted by molar-refractivity contribution is -0.149. The fourth-order valence-electron chi connectivity index (χ4n) is 3.46. The van der Waals surface area contributed by atoms with Crippen molar-refractivity contribution in [2.75, 3.05) is 12.4 Å². The molecule has 1 saturated carbocycles. The number of benzene rings is 1. The fraction of sp³-hybridized carbons (Fsp3) is 0.333. The monoisotopic (exact) mass is 381 g/mol. The van der Waals surface area contributed by atoms with Crippen molar-refractivity contribution in [2.45, 2.75) is 37.6 Å². The molecule has 0 bridgehead atoms. The van der Waals surface area contributed by atoms with E-state index in [0.717, 1.165) is 19.3 Å². The van der Waals surface area contributed by atoms with Crippen molar-refractivity contribution in [3.05, 3.63) is 59.9 Å². The average molecular weight is 381 g/mol. The minimum absolute atomic E-state index is 0.316. The van der Waals surface area contributed by atoms with Crippen LogP contribution in [0, 0.1) is 0 Å². The Morgan fingerprint density at radius 1 is 1.00 bits per heavy atom. The largest absolute Gasteiger partial charge is 0.467 e. The summed E-state index contributed by atoms with van der Waals surface area (Å²) in [4.78, 5) is 41.3. The Morgan fingerprint density at radius 3 is 2.43 bits per heavy atom. The second-order valence-corrected chi connectivity index (χ2v) is 6.87. The van der Waals surface area contributed by atoms with Crippen molar-refractivity contribution in [1.29, 1.82) is 0 Å². The number of anilines is 1. The third-order valence-corrected chi connectivity index (χ3v) is 4.94. The van der Waals surface area contributed by atoms with Crippen LogP contribution in [0.4, 0.5) is 5.69 Å². The summed E-state index contributed by atoms with van der Waals surface area (Å²) in [7, 11) is 1.33. The highest BCUT2D eigenvalue weighted by Crippen LogP contribution is 2.30. The number of amides is 2. The summed E-state index contributed by atoms with van der Waals surface area (Å²) >= 11 is 0. The lowest BCUT2D eigenvalue weighted by Crippen LogP contribution is -2.56. The first-order chi connectivity index (χ1) is 13.5. The third kappa shape index (κ3) is 4.36. The number of esters is 1. The quantitative estimate of drug-likeness (QED) is 0.776. The van der Waals surface area contributed by atoms with Crippen molar-refractivity contribution >= 4 is 23.5 Å². The number of carbonyl (C=O) groups is 3. The van der Waals surface area contributed by atoms with Crippen LogP contribution in [-0.2, 0) is 9.53 Å².